The summed E-state index contributed by atoms with van der Waals surface area (Å²) in [5.74, 6) is 1.11. The third kappa shape index (κ3) is 6.20. The highest BCUT2D eigenvalue weighted by atomic mass is 16.5. The Kier molecular flexibility index (Phi) is 7.92. The average Bonchev–Trinajstić information content (AvgIpc) is 3.37. The van der Waals surface area contributed by atoms with Gasteiger partial charge in [0.25, 0.3) is 0 Å². The fourth-order valence-corrected chi connectivity index (χ4v) is 4.57. The van der Waals surface area contributed by atoms with Crippen LogP contribution in [0.3, 0.4) is 0 Å². The lowest BCUT2D eigenvalue weighted by Gasteiger charge is -2.30. The maximum Gasteiger partial charge on any atom is 0.222 e. The number of ether oxygens (including phenoxy) is 1. The molecule has 1 heterocycles. The number of hydrogen-bond acceptors (Lipinski definition) is 3. The summed E-state index contributed by atoms with van der Waals surface area (Å²) in [4.78, 5) is 18.2. The summed E-state index contributed by atoms with van der Waals surface area (Å²) >= 11 is 0. The third-order valence-electron chi connectivity index (χ3n) is 6.35. The summed E-state index contributed by atoms with van der Waals surface area (Å²) < 4.78 is 5.33. The number of amides is 1. The maximum atomic E-state index is 11.9. The van der Waals surface area contributed by atoms with Crippen LogP contribution in [0.5, 0.6) is 0 Å². The van der Waals surface area contributed by atoms with E-state index in [1.807, 2.05) is 11.9 Å². The van der Waals surface area contributed by atoms with E-state index in [0.29, 0.717) is 24.9 Å². The van der Waals surface area contributed by atoms with Crippen LogP contribution in [0, 0.1) is 5.41 Å². The van der Waals surface area contributed by atoms with Gasteiger partial charge in [-0.3, -0.25) is 9.79 Å². The minimum absolute atomic E-state index is 0.271. The van der Waals surface area contributed by atoms with Gasteiger partial charge in [0.05, 0.1) is 0 Å². The van der Waals surface area contributed by atoms with Crippen molar-refractivity contribution >= 4 is 11.9 Å². The molecule has 1 amide bonds. The second-order valence-corrected chi connectivity index (χ2v) is 8.47. The number of aliphatic imine (C=N–C) groups is 1. The van der Waals surface area contributed by atoms with Gasteiger partial charge >= 0.3 is 0 Å². The standard InChI is InChI=1S/C23H36N4O2/c1-24-22(26-18-23(12-14-29-2)10-3-4-11-23)25-16-19-7-5-8-20(15-19)17-27-13-6-9-21(27)28/h5,7-8,15H,3-4,6,9-14,16-18H2,1-2H3,(H2,24,25,26). The first-order chi connectivity index (χ1) is 14.1. The van der Waals surface area contributed by atoms with Gasteiger partial charge in [0, 0.05) is 53.4 Å². The number of nitrogens with one attached hydrogen (secondary N) is 2. The van der Waals surface area contributed by atoms with Crippen molar-refractivity contribution in [3.8, 4) is 0 Å². The van der Waals surface area contributed by atoms with Gasteiger partial charge in [0.15, 0.2) is 5.96 Å². The Labute approximate surface area is 175 Å². The molecule has 29 heavy (non-hydrogen) atoms. The molecule has 0 unspecified atom stereocenters. The predicted octanol–water partition coefficient (Wildman–Crippen LogP) is 3.07. The van der Waals surface area contributed by atoms with Gasteiger partial charge in [-0.1, -0.05) is 37.1 Å². The first-order valence-electron chi connectivity index (χ1n) is 10.9. The van der Waals surface area contributed by atoms with Crippen LogP contribution >= 0.6 is 0 Å². The Balaban J connectivity index is 1.50. The van der Waals surface area contributed by atoms with Crippen molar-refractivity contribution in [2.75, 3.05) is 33.9 Å². The zero-order valence-corrected chi connectivity index (χ0v) is 18.0. The average molecular weight is 401 g/mol. The number of benzene rings is 1. The summed E-state index contributed by atoms with van der Waals surface area (Å²) in [7, 11) is 3.60. The molecule has 1 saturated carbocycles. The third-order valence-corrected chi connectivity index (χ3v) is 6.35. The van der Waals surface area contributed by atoms with Crippen molar-refractivity contribution in [1.29, 1.82) is 0 Å². The Morgan fingerprint density at radius 3 is 2.69 bits per heavy atom. The van der Waals surface area contributed by atoms with Crippen molar-refractivity contribution in [3.05, 3.63) is 35.4 Å². The number of nitrogens with zero attached hydrogens (tertiary/aromatic N) is 2. The van der Waals surface area contributed by atoms with E-state index in [1.54, 1.807) is 7.11 Å². The van der Waals surface area contributed by atoms with E-state index in [2.05, 4.69) is 39.9 Å². The second-order valence-electron chi connectivity index (χ2n) is 8.47. The molecular formula is C23H36N4O2. The lowest BCUT2D eigenvalue weighted by atomic mass is 9.83. The molecule has 1 aromatic rings. The van der Waals surface area contributed by atoms with Crippen molar-refractivity contribution in [2.24, 2.45) is 10.4 Å². The number of methoxy groups -OCH3 is 1. The van der Waals surface area contributed by atoms with Gasteiger partial charge in [0.1, 0.15) is 0 Å². The smallest absolute Gasteiger partial charge is 0.222 e. The van der Waals surface area contributed by atoms with E-state index in [4.69, 9.17) is 4.74 Å². The van der Waals surface area contributed by atoms with Crippen LogP contribution in [0.4, 0.5) is 0 Å². The number of hydrogen-bond donors (Lipinski definition) is 2. The van der Waals surface area contributed by atoms with Crippen LogP contribution in [0.1, 0.15) is 56.1 Å². The topological polar surface area (TPSA) is 66.0 Å². The minimum Gasteiger partial charge on any atom is -0.385 e. The molecule has 2 aliphatic rings. The molecule has 6 nitrogen and oxygen atoms in total. The number of guanidine groups is 1. The maximum absolute atomic E-state index is 11.9. The lowest BCUT2D eigenvalue weighted by molar-refractivity contribution is -0.128. The van der Waals surface area contributed by atoms with Gasteiger partial charge < -0.3 is 20.3 Å². The Morgan fingerprint density at radius 1 is 1.21 bits per heavy atom. The molecule has 0 bridgehead atoms. The molecule has 2 N–H and O–H groups in total. The van der Waals surface area contributed by atoms with Crippen LogP contribution in [0.25, 0.3) is 0 Å². The summed E-state index contributed by atoms with van der Waals surface area (Å²) in [6.07, 6.45) is 7.91. The van der Waals surface area contributed by atoms with E-state index in [0.717, 1.165) is 38.5 Å². The molecule has 3 rings (SSSR count). The molecule has 0 atom stereocenters. The van der Waals surface area contributed by atoms with Crippen molar-refractivity contribution in [1.82, 2.24) is 15.5 Å². The van der Waals surface area contributed by atoms with E-state index in [9.17, 15) is 4.79 Å². The van der Waals surface area contributed by atoms with Crippen LogP contribution in [0.15, 0.2) is 29.3 Å². The molecule has 1 saturated heterocycles. The molecule has 2 fully saturated rings. The quantitative estimate of drug-likeness (QED) is 0.494. The Morgan fingerprint density at radius 2 is 2.00 bits per heavy atom. The van der Waals surface area contributed by atoms with Gasteiger partial charge in [-0.2, -0.15) is 0 Å². The van der Waals surface area contributed by atoms with E-state index < -0.39 is 0 Å². The molecule has 1 aromatic carbocycles. The molecule has 1 aliphatic heterocycles. The van der Waals surface area contributed by atoms with Crippen molar-refractivity contribution in [2.45, 2.75) is 58.0 Å². The van der Waals surface area contributed by atoms with Crippen molar-refractivity contribution in [3.63, 3.8) is 0 Å². The van der Waals surface area contributed by atoms with Crippen LogP contribution < -0.4 is 10.6 Å². The molecule has 0 spiro atoms. The SMILES string of the molecule is CN=C(NCc1cccc(CN2CCCC2=O)c1)NCC1(CCOC)CCCC1. The minimum atomic E-state index is 0.271. The molecule has 160 valence electrons. The zero-order valence-electron chi connectivity index (χ0n) is 18.0. The summed E-state index contributed by atoms with van der Waals surface area (Å²) in [6.45, 7) is 4.06. The van der Waals surface area contributed by atoms with Gasteiger partial charge in [-0.25, -0.2) is 0 Å². The highest BCUT2D eigenvalue weighted by Crippen LogP contribution is 2.40. The van der Waals surface area contributed by atoms with Crippen LogP contribution in [-0.4, -0.2) is 50.6 Å². The van der Waals surface area contributed by atoms with Gasteiger partial charge in [0.2, 0.25) is 5.91 Å². The molecular weight excluding hydrogens is 364 g/mol. The van der Waals surface area contributed by atoms with Crippen LogP contribution in [0.2, 0.25) is 0 Å². The van der Waals surface area contributed by atoms with Gasteiger partial charge in [-0.15, -0.1) is 0 Å². The van der Waals surface area contributed by atoms with E-state index in [1.165, 1.54) is 36.8 Å². The number of likely N-dealkylation sites (tertiary alicyclic amines) is 1. The zero-order chi connectivity index (χ0) is 20.5. The van der Waals surface area contributed by atoms with E-state index >= 15 is 0 Å². The fourth-order valence-electron chi connectivity index (χ4n) is 4.57. The number of carbonyl (C=O) groups is 1. The molecule has 1 aliphatic carbocycles. The molecule has 0 aromatic heterocycles. The Bertz CT molecular complexity index is 698. The summed E-state index contributed by atoms with van der Waals surface area (Å²) in [5.41, 5.74) is 2.72. The van der Waals surface area contributed by atoms with Gasteiger partial charge in [-0.05, 0) is 42.2 Å². The monoisotopic (exact) mass is 400 g/mol. The summed E-state index contributed by atoms with van der Waals surface area (Å²) in [5, 5.41) is 6.98. The second kappa shape index (κ2) is 10.6. The Hall–Kier alpha value is -2.08. The molecule has 0 radical (unpaired) electrons. The normalized spacial score (nSPS) is 19.0. The lowest BCUT2D eigenvalue weighted by Crippen LogP contribution is -2.43. The summed E-state index contributed by atoms with van der Waals surface area (Å²) in [6, 6.07) is 8.47. The number of carbonyl (C=O) groups excluding carboxylic acids is 1. The molecule has 6 heteroatoms. The van der Waals surface area contributed by atoms with Crippen molar-refractivity contribution < 1.29 is 9.53 Å². The van der Waals surface area contributed by atoms with E-state index in [-0.39, 0.29) is 5.91 Å². The first-order valence-corrected chi connectivity index (χ1v) is 10.9. The number of rotatable bonds is 9. The van der Waals surface area contributed by atoms with Crippen LogP contribution in [-0.2, 0) is 22.6 Å². The first kappa shape index (κ1) is 21.6. The fraction of sp³-hybridized carbons (Fsp3) is 0.652. The highest BCUT2D eigenvalue weighted by Gasteiger charge is 2.33. The largest absolute Gasteiger partial charge is 0.385 e. The highest BCUT2D eigenvalue weighted by molar-refractivity contribution is 5.79. The predicted molar refractivity (Wildman–Crippen MR) is 117 cm³/mol.